The Kier molecular flexibility index (Phi) is 11.2. The zero-order valence-corrected chi connectivity index (χ0v) is 27.7. The molecule has 0 aliphatic rings. The smallest absolute Gasteiger partial charge is 0.167 e. The van der Waals surface area contributed by atoms with E-state index in [1.807, 2.05) is 72.8 Å². The van der Waals surface area contributed by atoms with Crippen LogP contribution in [0.25, 0.3) is 56.4 Å². The standard InChI is InChI=1S/C43H43N3O2/c1-2-3-4-5-6-7-8-15-30-48-38-28-29-39(40(47)31-38)43-45-41(36-24-20-34(21-25-36)32-16-11-9-12-17-32)44-42(46-43)37-26-22-35(23-27-37)33-18-13-10-14-19-33/h9-14,16-29,31,47H,2-8,15,30H2,1H3. The maximum Gasteiger partial charge on any atom is 0.167 e. The van der Waals surface area contributed by atoms with Gasteiger partial charge in [-0.2, -0.15) is 0 Å². The van der Waals surface area contributed by atoms with Crippen LogP contribution in [0.5, 0.6) is 11.5 Å². The number of phenols is 1. The molecule has 0 radical (unpaired) electrons. The second-order valence-electron chi connectivity index (χ2n) is 12.2. The molecule has 0 aliphatic carbocycles. The van der Waals surface area contributed by atoms with Gasteiger partial charge < -0.3 is 9.84 Å². The lowest BCUT2D eigenvalue weighted by atomic mass is 10.0. The van der Waals surface area contributed by atoms with Crippen LogP contribution in [-0.4, -0.2) is 26.7 Å². The predicted molar refractivity (Wildman–Crippen MR) is 197 cm³/mol. The average molecular weight is 634 g/mol. The number of rotatable bonds is 15. The first-order chi connectivity index (χ1) is 23.7. The fraction of sp³-hybridized carbons (Fsp3) is 0.233. The molecule has 5 aromatic carbocycles. The van der Waals surface area contributed by atoms with E-state index in [1.165, 1.54) is 38.5 Å². The maximum atomic E-state index is 11.2. The van der Waals surface area contributed by atoms with Crippen LogP contribution < -0.4 is 4.74 Å². The van der Waals surface area contributed by atoms with Gasteiger partial charge in [0.15, 0.2) is 17.5 Å². The van der Waals surface area contributed by atoms with Gasteiger partial charge in [0.2, 0.25) is 0 Å². The molecule has 1 aromatic heterocycles. The molecule has 1 heterocycles. The zero-order chi connectivity index (χ0) is 33.0. The lowest BCUT2D eigenvalue weighted by molar-refractivity contribution is 0.302. The minimum atomic E-state index is 0.0744. The van der Waals surface area contributed by atoms with E-state index >= 15 is 0 Å². The van der Waals surface area contributed by atoms with Crippen LogP contribution in [0, 0.1) is 0 Å². The number of unbranched alkanes of at least 4 members (excludes halogenated alkanes) is 7. The molecule has 0 fully saturated rings. The average Bonchev–Trinajstić information content (AvgIpc) is 3.15. The third-order valence-electron chi connectivity index (χ3n) is 8.61. The van der Waals surface area contributed by atoms with E-state index in [0.717, 1.165) is 46.2 Å². The topological polar surface area (TPSA) is 68.1 Å². The van der Waals surface area contributed by atoms with Gasteiger partial charge in [-0.15, -0.1) is 0 Å². The quantitative estimate of drug-likeness (QED) is 0.114. The molecule has 5 nitrogen and oxygen atoms in total. The number of phenolic OH excluding ortho intramolecular Hbond substituents is 1. The normalized spacial score (nSPS) is 11.0. The summed E-state index contributed by atoms with van der Waals surface area (Å²) in [6.45, 7) is 2.88. The number of aromatic nitrogens is 3. The van der Waals surface area contributed by atoms with Crippen LogP contribution in [0.15, 0.2) is 127 Å². The van der Waals surface area contributed by atoms with Crippen molar-refractivity contribution in [3.8, 4) is 67.9 Å². The minimum Gasteiger partial charge on any atom is -0.507 e. The van der Waals surface area contributed by atoms with Crippen LogP contribution in [0.3, 0.4) is 0 Å². The van der Waals surface area contributed by atoms with E-state index < -0.39 is 0 Å². The Hall–Kier alpha value is -5.29. The number of ether oxygens (including phenoxy) is 1. The summed E-state index contributed by atoms with van der Waals surface area (Å²) < 4.78 is 5.99. The Morgan fingerprint density at radius 2 is 0.896 bits per heavy atom. The number of nitrogens with zero attached hydrogens (tertiary/aromatic N) is 3. The van der Waals surface area contributed by atoms with E-state index in [-0.39, 0.29) is 5.75 Å². The molecule has 1 N–H and O–H groups in total. The Morgan fingerprint density at radius 3 is 1.40 bits per heavy atom. The summed E-state index contributed by atoms with van der Waals surface area (Å²) in [5.74, 6) is 2.20. The zero-order valence-electron chi connectivity index (χ0n) is 27.7. The van der Waals surface area contributed by atoms with Gasteiger partial charge in [-0.25, -0.2) is 15.0 Å². The molecule has 242 valence electrons. The summed E-state index contributed by atoms with van der Waals surface area (Å²) in [5.41, 5.74) is 6.79. The highest BCUT2D eigenvalue weighted by molar-refractivity contribution is 5.73. The lowest BCUT2D eigenvalue weighted by Gasteiger charge is -2.12. The van der Waals surface area contributed by atoms with E-state index in [0.29, 0.717) is 35.4 Å². The van der Waals surface area contributed by atoms with Gasteiger partial charge >= 0.3 is 0 Å². The van der Waals surface area contributed by atoms with Gasteiger partial charge in [-0.1, -0.05) is 161 Å². The fourth-order valence-corrected chi connectivity index (χ4v) is 5.86. The van der Waals surface area contributed by atoms with Crippen molar-refractivity contribution in [2.24, 2.45) is 0 Å². The molecule has 0 amide bonds. The van der Waals surface area contributed by atoms with Crippen molar-refractivity contribution in [2.75, 3.05) is 6.61 Å². The Balaban J connectivity index is 1.24. The van der Waals surface area contributed by atoms with Crippen molar-refractivity contribution in [1.29, 1.82) is 0 Å². The molecule has 0 bridgehead atoms. The summed E-state index contributed by atoms with van der Waals surface area (Å²) in [4.78, 5) is 14.6. The molecule has 0 saturated carbocycles. The third-order valence-corrected chi connectivity index (χ3v) is 8.61. The first kappa shape index (κ1) is 32.6. The molecule has 0 atom stereocenters. The summed E-state index contributed by atoms with van der Waals surface area (Å²) in [7, 11) is 0. The first-order valence-electron chi connectivity index (χ1n) is 17.2. The van der Waals surface area contributed by atoms with Gasteiger partial charge in [0, 0.05) is 17.2 Å². The van der Waals surface area contributed by atoms with E-state index in [1.54, 1.807) is 6.07 Å². The highest BCUT2D eigenvalue weighted by atomic mass is 16.5. The van der Waals surface area contributed by atoms with E-state index in [2.05, 4.69) is 55.5 Å². The largest absolute Gasteiger partial charge is 0.507 e. The lowest BCUT2D eigenvalue weighted by Crippen LogP contribution is -2.01. The van der Waals surface area contributed by atoms with Crippen molar-refractivity contribution < 1.29 is 9.84 Å². The predicted octanol–water partition coefficient (Wildman–Crippen LogP) is 11.4. The molecule has 5 heteroatoms. The monoisotopic (exact) mass is 633 g/mol. The molecule has 0 unspecified atom stereocenters. The van der Waals surface area contributed by atoms with Crippen LogP contribution in [0.2, 0.25) is 0 Å². The highest BCUT2D eigenvalue weighted by Gasteiger charge is 2.16. The van der Waals surface area contributed by atoms with Gasteiger partial charge in [0.1, 0.15) is 11.5 Å². The SMILES string of the molecule is CCCCCCCCCCOc1ccc(-c2nc(-c3ccc(-c4ccccc4)cc3)nc(-c3ccc(-c4ccccc4)cc3)n2)c(O)c1. The summed E-state index contributed by atoms with van der Waals surface area (Å²) in [5, 5.41) is 11.2. The summed E-state index contributed by atoms with van der Waals surface area (Å²) in [6.07, 6.45) is 9.96. The van der Waals surface area contributed by atoms with Crippen molar-refractivity contribution in [2.45, 2.75) is 58.3 Å². The summed E-state index contributed by atoms with van der Waals surface area (Å²) in [6, 6.07) is 42.4. The van der Waals surface area contributed by atoms with Crippen LogP contribution in [-0.2, 0) is 0 Å². The highest BCUT2D eigenvalue weighted by Crippen LogP contribution is 2.34. The maximum absolute atomic E-state index is 11.2. The number of aromatic hydroxyl groups is 1. The molecule has 6 aromatic rings. The van der Waals surface area contributed by atoms with E-state index in [4.69, 9.17) is 19.7 Å². The second-order valence-corrected chi connectivity index (χ2v) is 12.2. The Labute approximate surface area is 284 Å². The van der Waals surface area contributed by atoms with Gasteiger partial charge in [0.05, 0.1) is 12.2 Å². The van der Waals surface area contributed by atoms with Crippen molar-refractivity contribution in [1.82, 2.24) is 15.0 Å². The van der Waals surface area contributed by atoms with Gasteiger partial charge in [-0.3, -0.25) is 0 Å². The van der Waals surface area contributed by atoms with Crippen LogP contribution in [0.1, 0.15) is 58.3 Å². The van der Waals surface area contributed by atoms with Crippen LogP contribution in [0.4, 0.5) is 0 Å². The molecule has 0 aliphatic heterocycles. The molecule has 0 spiro atoms. The van der Waals surface area contributed by atoms with Crippen molar-refractivity contribution in [3.05, 3.63) is 127 Å². The molecule has 48 heavy (non-hydrogen) atoms. The molecular weight excluding hydrogens is 590 g/mol. The fourth-order valence-electron chi connectivity index (χ4n) is 5.86. The summed E-state index contributed by atoms with van der Waals surface area (Å²) >= 11 is 0. The van der Waals surface area contributed by atoms with Gasteiger partial charge in [0.25, 0.3) is 0 Å². The molecule has 6 rings (SSSR count). The van der Waals surface area contributed by atoms with E-state index in [9.17, 15) is 5.11 Å². The van der Waals surface area contributed by atoms with Crippen molar-refractivity contribution >= 4 is 0 Å². The Morgan fingerprint density at radius 1 is 0.458 bits per heavy atom. The number of hydrogen-bond donors (Lipinski definition) is 1. The number of hydrogen-bond acceptors (Lipinski definition) is 5. The third kappa shape index (κ3) is 8.54. The van der Waals surface area contributed by atoms with Crippen LogP contribution >= 0.6 is 0 Å². The first-order valence-corrected chi connectivity index (χ1v) is 17.2. The second kappa shape index (κ2) is 16.5. The minimum absolute atomic E-state index is 0.0744. The molecular formula is C43H43N3O2. The number of benzene rings is 5. The Bertz CT molecular complexity index is 1770. The molecule has 0 saturated heterocycles. The van der Waals surface area contributed by atoms with Gasteiger partial charge in [-0.05, 0) is 40.8 Å². The van der Waals surface area contributed by atoms with Crippen molar-refractivity contribution in [3.63, 3.8) is 0 Å².